The Morgan fingerprint density at radius 2 is 1.87 bits per heavy atom. The van der Waals surface area contributed by atoms with Gasteiger partial charge >= 0.3 is 0 Å². The molecule has 7 heteroatoms. The van der Waals surface area contributed by atoms with Crippen molar-refractivity contribution in [1.29, 1.82) is 0 Å². The van der Waals surface area contributed by atoms with Gasteiger partial charge in [-0.3, -0.25) is 9.88 Å². The average molecular weight is 407 g/mol. The Bertz CT molecular complexity index is 960. The van der Waals surface area contributed by atoms with Crippen molar-refractivity contribution in [2.24, 2.45) is 5.92 Å². The number of nitrogens with one attached hydrogen (secondary N) is 1. The molecule has 0 aliphatic carbocycles. The third kappa shape index (κ3) is 4.97. The second-order valence-corrected chi connectivity index (χ2v) is 8.05. The summed E-state index contributed by atoms with van der Waals surface area (Å²) in [6, 6.07) is 10.4. The van der Waals surface area contributed by atoms with Gasteiger partial charge in [0.05, 0.1) is 25.2 Å². The van der Waals surface area contributed by atoms with Crippen molar-refractivity contribution in [2.75, 3.05) is 32.1 Å². The number of anilines is 1. The summed E-state index contributed by atoms with van der Waals surface area (Å²) in [4.78, 5) is 11.6. The van der Waals surface area contributed by atoms with E-state index >= 15 is 0 Å². The van der Waals surface area contributed by atoms with Crippen molar-refractivity contribution in [3.8, 4) is 11.6 Å². The first kappa shape index (κ1) is 20.3. The predicted octanol–water partition coefficient (Wildman–Crippen LogP) is 3.61. The molecule has 0 amide bonds. The number of ether oxygens (including phenoxy) is 1. The van der Waals surface area contributed by atoms with Crippen LogP contribution in [0.1, 0.15) is 29.8 Å². The van der Waals surface area contributed by atoms with Gasteiger partial charge in [-0.25, -0.2) is 9.67 Å². The highest BCUT2D eigenvalue weighted by atomic mass is 16.5. The largest absolute Gasteiger partial charge is 0.497 e. The summed E-state index contributed by atoms with van der Waals surface area (Å²) in [6.07, 6.45) is 5.91. The van der Waals surface area contributed by atoms with Gasteiger partial charge in [-0.2, -0.15) is 5.10 Å². The van der Waals surface area contributed by atoms with Crippen LogP contribution in [0.5, 0.6) is 5.75 Å². The maximum absolute atomic E-state index is 5.24. The molecule has 1 aromatic carbocycles. The van der Waals surface area contributed by atoms with Crippen molar-refractivity contribution in [2.45, 2.75) is 33.2 Å². The van der Waals surface area contributed by atoms with Crippen molar-refractivity contribution in [1.82, 2.24) is 24.6 Å². The van der Waals surface area contributed by atoms with Gasteiger partial charge in [0.2, 0.25) is 0 Å². The average Bonchev–Trinajstić information content (AvgIpc) is 3.12. The van der Waals surface area contributed by atoms with Gasteiger partial charge in [-0.1, -0.05) is 12.1 Å². The fourth-order valence-corrected chi connectivity index (χ4v) is 3.99. The summed E-state index contributed by atoms with van der Waals surface area (Å²) < 4.78 is 7.08. The number of aryl methyl sites for hydroxylation is 2. The summed E-state index contributed by atoms with van der Waals surface area (Å²) in [6.45, 7) is 8.18. The normalized spacial score (nSPS) is 15.3. The minimum Gasteiger partial charge on any atom is -0.497 e. The molecular formula is C23H30N6O. The standard InChI is InChI=1S/C23H30N6O/c1-17-12-18(2)29(27-17)23-15-24-14-22(26-23)25-13-19-8-10-28(11-9-19)16-20-4-6-21(30-3)7-5-20/h4-7,12,14-15,19H,8-11,13,16H2,1-3H3,(H,25,26). The second kappa shape index (κ2) is 9.26. The Kier molecular flexibility index (Phi) is 6.28. The first-order chi connectivity index (χ1) is 14.6. The summed E-state index contributed by atoms with van der Waals surface area (Å²) in [5.41, 5.74) is 3.38. The van der Waals surface area contributed by atoms with E-state index in [-0.39, 0.29) is 0 Å². The Morgan fingerprint density at radius 3 is 2.53 bits per heavy atom. The van der Waals surface area contributed by atoms with Crippen molar-refractivity contribution in [3.63, 3.8) is 0 Å². The molecule has 1 saturated heterocycles. The van der Waals surface area contributed by atoms with E-state index in [1.807, 2.05) is 36.7 Å². The monoisotopic (exact) mass is 406 g/mol. The van der Waals surface area contributed by atoms with Crippen molar-refractivity contribution < 1.29 is 4.74 Å². The van der Waals surface area contributed by atoms with E-state index in [1.54, 1.807) is 19.5 Å². The number of nitrogens with zero attached hydrogens (tertiary/aromatic N) is 5. The molecule has 158 valence electrons. The molecule has 1 fully saturated rings. The fraction of sp³-hybridized carbons (Fsp3) is 0.435. The number of hydrogen-bond acceptors (Lipinski definition) is 6. The van der Waals surface area contributed by atoms with E-state index in [0.29, 0.717) is 5.92 Å². The summed E-state index contributed by atoms with van der Waals surface area (Å²) >= 11 is 0. The van der Waals surface area contributed by atoms with E-state index in [1.165, 1.54) is 18.4 Å². The molecule has 1 N–H and O–H groups in total. The molecule has 3 heterocycles. The molecule has 4 rings (SSSR count). The van der Waals surface area contributed by atoms with E-state index < -0.39 is 0 Å². The summed E-state index contributed by atoms with van der Waals surface area (Å²) in [7, 11) is 1.70. The smallest absolute Gasteiger partial charge is 0.174 e. The molecule has 0 saturated carbocycles. The van der Waals surface area contributed by atoms with Crippen LogP contribution in [0.4, 0.5) is 5.82 Å². The molecule has 0 radical (unpaired) electrons. The highest BCUT2D eigenvalue weighted by Crippen LogP contribution is 2.21. The Balaban J connectivity index is 1.26. The zero-order chi connectivity index (χ0) is 20.9. The molecule has 1 aliphatic rings. The molecule has 30 heavy (non-hydrogen) atoms. The predicted molar refractivity (Wildman–Crippen MR) is 118 cm³/mol. The third-order valence-electron chi connectivity index (χ3n) is 5.69. The number of hydrogen-bond donors (Lipinski definition) is 1. The number of methoxy groups -OCH3 is 1. The van der Waals surface area contributed by atoms with E-state index in [9.17, 15) is 0 Å². The van der Waals surface area contributed by atoms with Crippen LogP contribution < -0.4 is 10.1 Å². The Morgan fingerprint density at radius 1 is 1.10 bits per heavy atom. The van der Waals surface area contributed by atoms with Crippen LogP contribution in [0, 0.1) is 19.8 Å². The molecule has 7 nitrogen and oxygen atoms in total. The quantitative estimate of drug-likeness (QED) is 0.646. The molecule has 1 aliphatic heterocycles. The minimum atomic E-state index is 0.649. The first-order valence-corrected chi connectivity index (χ1v) is 10.6. The van der Waals surface area contributed by atoms with Crippen LogP contribution in [0.15, 0.2) is 42.7 Å². The number of piperidine rings is 1. The molecule has 0 spiro atoms. The fourth-order valence-electron chi connectivity index (χ4n) is 3.99. The number of benzene rings is 1. The molecular weight excluding hydrogens is 376 g/mol. The van der Waals surface area contributed by atoms with Crippen LogP contribution >= 0.6 is 0 Å². The Labute approximate surface area is 178 Å². The van der Waals surface area contributed by atoms with Gasteiger partial charge in [0.1, 0.15) is 11.6 Å². The van der Waals surface area contributed by atoms with Gasteiger partial charge in [-0.15, -0.1) is 0 Å². The third-order valence-corrected chi connectivity index (χ3v) is 5.69. The lowest BCUT2D eigenvalue weighted by Crippen LogP contribution is -2.35. The maximum atomic E-state index is 5.24. The van der Waals surface area contributed by atoms with Crippen LogP contribution in [-0.4, -0.2) is 51.4 Å². The highest BCUT2D eigenvalue weighted by molar-refractivity contribution is 5.36. The minimum absolute atomic E-state index is 0.649. The molecule has 3 aromatic rings. The lowest BCUT2D eigenvalue weighted by Gasteiger charge is -2.32. The van der Waals surface area contributed by atoms with Gasteiger partial charge in [0, 0.05) is 18.8 Å². The molecule has 0 unspecified atom stereocenters. The zero-order valence-electron chi connectivity index (χ0n) is 18.0. The topological polar surface area (TPSA) is 68.1 Å². The second-order valence-electron chi connectivity index (χ2n) is 8.05. The highest BCUT2D eigenvalue weighted by Gasteiger charge is 2.19. The zero-order valence-corrected chi connectivity index (χ0v) is 18.0. The molecule has 0 atom stereocenters. The lowest BCUT2D eigenvalue weighted by atomic mass is 9.96. The maximum Gasteiger partial charge on any atom is 0.174 e. The van der Waals surface area contributed by atoms with Gasteiger partial charge in [0.25, 0.3) is 0 Å². The molecule has 0 bridgehead atoms. The summed E-state index contributed by atoms with van der Waals surface area (Å²) in [5, 5.41) is 7.98. The SMILES string of the molecule is COc1ccc(CN2CCC(CNc3cncc(-n4nc(C)cc4C)n3)CC2)cc1. The number of rotatable bonds is 7. The van der Waals surface area contributed by atoms with Crippen LogP contribution in [0.2, 0.25) is 0 Å². The molecule has 2 aromatic heterocycles. The van der Waals surface area contributed by atoms with Gasteiger partial charge in [-0.05, 0) is 69.5 Å². The van der Waals surface area contributed by atoms with Crippen LogP contribution in [0.25, 0.3) is 5.82 Å². The Hall–Kier alpha value is -2.93. The van der Waals surface area contributed by atoms with Crippen molar-refractivity contribution >= 4 is 5.82 Å². The number of likely N-dealkylation sites (tertiary alicyclic amines) is 1. The van der Waals surface area contributed by atoms with Crippen LogP contribution in [0.3, 0.4) is 0 Å². The number of aromatic nitrogens is 4. The van der Waals surface area contributed by atoms with E-state index in [0.717, 1.165) is 55.0 Å². The van der Waals surface area contributed by atoms with E-state index in [2.05, 4.69) is 32.4 Å². The van der Waals surface area contributed by atoms with Crippen molar-refractivity contribution in [3.05, 3.63) is 59.7 Å². The van der Waals surface area contributed by atoms with Crippen LogP contribution in [-0.2, 0) is 6.54 Å². The first-order valence-electron chi connectivity index (χ1n) is 10.6. The summed E-state index contributed by atoms with van der Waals surface area (Å²) in [5.74, 6) is 3.12. The van der Waals surface area contributed by atoms with E-state index in [4.69, 9.17) is 9.72 Å². The van der Waals surface area contributed by atoms with Gasteiger partial charge < -0.3 is 10.1 Å². The lowest BCUT2D eigenvalue weighted by molar-refractivity contribution is 0.182. The van der Waals surface area contributed by atoms with Gasteiger partial charge in [0.15, 0.2) is 5.82 Å².